The monoisotopic (exact) mass is 316 g/mol. The first-order valence-corrected chi connectivity index (χ1v) is 8.65. The molecule has 1 saturated carbocycles. The van der Waals surface area contributed by atoms with Crippen LogP contribution in [0.5, 0.6) is 0 Å². The number of hydrogen-bond donors (Lipinski definition) is 1. The Bertz CT molecular complexity index is 604. The lowest BCUT2D eigenvalue weighted by Gasteiger charge is -2.32. The van der Waals surface area contributed by atoms with Crippen LogP contribution in [-0.2, 0) is 10.0 Å². The molecule has 1 aromatic carbocycles. The van der Waals surface area contributed by atoms with Gasteiger partial charge in [0.15, 0.2) is 0 Å². The third kappa shape index (κ3) is 3.59. The molecule has 4 nitrogen and oxygen atoms in total. The van der Waals surface area contributed by atoms with Gasteiger partial charge in [0, 0.05) is 18.2 Å². The standard InChI is InChI=1S/C14H18F2N2O2S/c15-10-7-11(16)9-14(8-10)21(19,20)17-12-3-5-18(6-4-12)13-1-2-13/h7-9,12-13,17H,1-6H2. The van der Waals surface area contributed by atoms with E-state index in [1.165, 1.54) is 12.8 Å². The fourth-order valence-corrected chi connectivity index (χ4v) is 4.14. The number of benzene rings is 1. The van der Waals surface area contributed by atoms with Crippen LogP contribution in [0.4, 0.5) is 8.78 Å². The summed E-state index contributed by atoms with van der Waals surface area (Å²) in [7, 11) is -3.88. The zero-order valence-corrected chi connectivity index (χ0v) is 12.4. The predicted octanol–water partition coefficient (Wildman–Crippen LogP) is 1.87. The number of hydrogen-bond acceptors (Lipinski definition) is 3. The van der Waals surface area contributed by atoms with E-state index >= 15 is 0 Å². The van der Waals surface area contributed by atoms with Crippen molar-refractivity contribution in [3.05, 3.63) is 29.8 Å². The second-order valence-corrected chi connectivity index (χ2v) is 7.48. The lowest BCUT2D eigenvalue weighted by atomic mass is 10.1. The van der Waals surface area contributed by atoms with Crippen molar-refractivity contribution >= 4 is 10.0 Å². The van der Waals surface area contributed by atoms with E-state index < -0.39 is 21.7 Å². The molecule has 0 unspecified atom stereocenters. The summed E-state index contributed by atoms with van der Waals surface area (Å²) in [5, 5.41) is 0. The SMILES string of the molecule is O=S(=O)(NC1CCN(C2CC2)CC1)c1cc(F)cc(F)c1. The zero-order valence-electron chi connectivity index (χ0n) is 11.6. The summed E-state index contributed by atoms with van der Waals surface area (Å²) in [5.74, 6) is -1.78. The minimum atomic E-state index is -3.88. The maximum atomic E-state index is 13.1. The minimum absolute atomic E-state index is 0.170. The third-order valence-electron chi connectivity index (χ3n) is 4.06. The van der Waals surface area contributed by atoms with Crippen LogP contribution in [0, 0.1) is 11.6 Å². The van der Waals surface area contributed by atoms with Crippen LogP contribution in [0.15, 0.2) is 23.1 Å². The molecule has 2 aliphatic rings. The van der Waals surface area contributed by atoms with Gasteiger partial charge in [0.1, 0.15) is 11.6 Å². The predicted molar refractivity (Wildman–Crippen MR) is 74.3 cm³/mol. The Hall–Kier alpha value is -1.05. The molecule has 1 saturated heterocycles. The van der Waals surface area contributed by atoms with E-state index in [0.717, 1.165) is 38.1 Å². The van der Waals surface area contributed by atoms with E-state index in [-0.39, 0.29) is 10.9 Å². The number of nitrogens with one attached hydrogen (secondary N) is 1. The van der Waals surface area contributed by atoms with Gasteiger partial charge in [-0.3, -0.25) is 0 Å². The van der Waals surface area contributed by atoms with Crippen LogP contribution in [0.1, 0.15) is 25.7 Å². The first-order valence-electron chi connectivity index (χ1n) is 7.16. The highest BCUT2D eigenvalue weighted by Crippen LogP contribution is 2.29. The van der Waals surface area contributed by atoms with Gasteiger partial charge in [-0.25, -0.2) is 21.9 Å². The van der Waals surface area contributed by atoms with E-state index in [2.05, 4.69) is 9.62 Å². The summed E-state index contributed by atoms with van der Waals surface area (Å²) in [6, 6.07) is 2.85. The molecular formula is C14H18F2N2O2S. The molecular weight excluding hydrogens is 298 g/mol. The number of rotatable bonds is 4. The quantitative estimate of drug-likeness (QED) is 0.922. The molecule has 7 heteroatoms. The summed E-state index contributed by atoms with van der Waals surface area (Å²) in [5.41, 5.74) is 0. The van der Waals surface area contributed by atoms with Crippen molar-refractivity contribution in [3.63, 3.8) is 0 Å². The Balaban J connectivity index is 1.65. The Morgan fingerprint density at radius 2 is 1.57 bits per heavy atom. The molecule has 0 atom stereocenters. The summed E-state index contributed by atoms with van der Waals surface area (Å²) >= 11 is 0. The van der Waals surface area contributed by atoms with Crippen LogP contribution in [-0.4, -0.2) is 38.5 Å². The third-order valence-corrected chi connectivity index (χ3v) is 5.56. The highest BCUT2D eigenvalue weighted by Gasteiger charge is 2.33. The lowest BCUT2D eigenvalue weighted by Crippen LogP contribution is -2.45. The minimum Gasteiger partial charge on any atom is -0.300 e. The summed E-state index contributed by atoms with van der Waals surface area (Å²) in [6.45, 7) is 1.74. The molecule has 0 radical (unpaired) electrons. The average Bonchev–Trinajstić information content (AvgIpc) is 3.22. The lowest BCUT2D eigenvalue weighted by molar-refractivity contribution is 0.199. The summed E-state index contributed by atoms with van der Waals surface area (Å²) in [6.07, 6.45) is 3.93. The number of sulfonamides is 1. The molecule has 116 valence electrons. The molecule has 1 aromatic rings. The fraction of sp³-hybridized carbons (Fsp3) is 0.571. The van der Waals surface area contributed by atoms with Gasteiger partial charge in [-0.05, 0) is 50.9 Å². The van der Waals surface area contributed by atoms with Gasteiger partial charge in [0.05, 0.1) is 4.90 Å². The highest BCUT2D eigenvalue weighted by atomic mass is 32.2. The number of nitrogens with zero attached hydrogens (tertiary/aromatic N) is 1. The second-order valence-electron chi connectivity index (χ2n) is 5.77. The van der Waals surface area contributed by atoms with Crippen molar-refractivity contribution < 1.29 is 17.2 Å². The summed E-state index contributed by atoms with van der Waals surface area (Å²) < 4.78 is 53.2. The molecule has 21 heavy (non-hydrogen) atoms. The summed E-state index contributed by atoms with van der Waals surface area (Å²) in [4.78, 5) is 2.02. The fourth-order valence-electron chi connectivity index (χ4n) is 2.79. The molecule has 0 amide bonds. The first-order chi connectivity index (χ1) is 9.94. The van der Waals surface area contributed by atoms with Crippen LogP contribution in [0.2, 0.25) is 0 Å². The van der Waals surface area contributed by atoms with Crippen LogP contribution >= 0.6 is 0 Å². The van der Waals surface area contributed by atoms with Gasteiger partial charge in [-0.1, -0.05) is 0 Å². The normalized spacial score (nSPS) is 21.6. The van der Waals surface area contributed by atoms with Crippen molar-refractivity contribution in [3.8, 4) is 0 Å². The topological polar surface area (TPSA) is 49.4 Å². The van der Waals surface area contributed by atoms with Crippen molar-refractivity contribution in [2.24, 2.45) is 0 Å². The Kier molecular flexibility index (Phi) is 3.98. The van der Waals surface area contributed by atoms with Gasteiger partial charge < -0.3 is 4.90 Å². The van der Waals surface area contributed by atoms with Gasteiger partial charge >= 0.3 is 0 Å². The smallest absolute Gasteiger partial charge is 0.241 e. The van der Waals surface area contributed by atoms with Crippen molar-refractivity contribution in [1.82, 2.24) is 9.62 Å². The largest absolute Gasteiger partial charge is 0.300 e. The molecule has 1 aliphatic heterocycles. The maximum Gasteiger partial charge on any atom is 0.241 e. The van der Waals surface area contributed by atoms with E-state index in [4.69, 9.17) is 0 Å². The van der Waals surface area contributed by atoms with Crippen molar-refractivity contribution in [1.29, 1.82) is 0 Å². The molecule has 0 spiro atoms. The Morgan fingerprint density at radius 1 is 1.00 bits per heavy atom. The van der Waals surface area contributed by atoms with Crippen LogP contribution < -0.4 is 4.72 Å². The highest BCUT2D eigenvalue weighted by molar-refractivity contribution is 7.89. The zero-order chi connectivity index (χ0) is 15.0. The second kappa shape index (κ2) is 5.62. The van der Waals surface area contributed by atoms with Crippen LogP contribution in [0.25, 0.3) is 0 Å². The van der Waals surface area contributed by atoms with E-state index in [1.807, 2.05) is 0 Å². The van der Waals surface area contributed by atoms with Gasteiger partial charge in [0.25, 0.3) is 0 Å². The van der Waals surface area contributed by atoms with E-state index in [0.29, 0.717) is 12.1 Å². The molecule has 3 rings (SSSR count). The molecule has 2 fully saturated rings. The first kappa shape index (κ1) is 14.9. The molecule has 1 heterocycles. The average molecular weight is 316 g/mol. The van der Waals surface area contributed by atoms with E-state index in [1.54, 1.807) is 0 Å². The molecule has 1 N–H and O–H groups in total. The number of piperidine rings is 1. The molecule has 0 bridgehead atoms. The van der Waals surface area contributed by atoms with Crippen LogP contribution in [0.3, 0.4) is 0 Å². The molecule has 1 aliphatic carbocycles. The Labute approximate surface area is 123 Å². The van der Waals surface area contributed by atoms with Crippen molar-refractivity contribution in [2.75, 3.05) is 13.1 Å². The van der Waals surface area contributed by atoms with Crippen molar-refractivity contribution in [2.45, 2.75) is 42.7 Å². The number of likely N-dealkylation sites (tertiary alicyclic amines) is 1. The van der Waals surface area contributed by atoms with Gasteiger partial charge in [-0.15, -0.1) is 0 Å². The Morgan fingerprint density at radius 3 is 2.10 bits per heavy atom. The van der Waals surface area contributed by atoms with Gasteiger partial charge in [0.2, 0.25) is 10.0 Å². The molecule has 0 aromatic heterocycles. The number of halogens is 2. The van der Waals surface area contributed by atoms with Gasteiger partial charge in [-0.2, -0.15) is 0 Å². The maximum absolute atomic E-state index is 13.1. The van der Waals surface area contributed by atoms with E-state index in [9.17, 15) is 17.2 Å².